The van der Waals surface area contributed by atoms with Crippen LogP contribution < -0.4 is 14.4 Å². The van der Waals surface area contributed by atoms with Gasteiger partial charge in [-0.15, -0.1) is 0 Å². The van der Waals surface area contributed by atoms with Crippen LogP contribution in [0.5, 0.6) is 11.5 Å². The lowest BCUT2D eigenvalue weighted by Gasteiger charge is -2.36. The van der Waals surface area contributed by atoms with E-state index < -0.39 is 0 Å². The summed E-state index contributed by atoms with van der Waals surface area (Å²) in [5.74, 6) is 1.30. The molecule has 1 fully saturated rings. The number of hydrogen-bond acceptors (Lipinski definition) is 5. The van der Waals surface area contributed by atoms with Crippen molar-refractivity contribution in [1.29, 1.82) is 0 Å². The van der Waals surface area contributed by atoms with Crippen LogP contribution in [0, 0.1) is 0 Å². The highest BCUT2D eigenvalue weighted by Crippen LogP contribution is 2.27. The predicted molar refractivity (Wildman–Crippen MR) is 108 cm³/mol. The van der Waals surface area contributed by atoms with Crippen LogP contribution in [0.15, 0.2) is 48.5 Å². The minimum atomic E-state index is 0.592. The van der Waals surface area contributed by atoms with Crippen molar-refractivity contribution in [2.45, 2.75) is 12.8 Å². The van der Waals surface area contributed by atoms with E-state index in [0.29, 0.717) is 23.7 Å². The van der Waals surface area contributed by atoms with Crippen LogP contribution in [-0.2, 0) is 0 Å². The summed E-state index contributed by atoms with van der Waals surface area (Å²) in [4.78, 5) is 15.8. The summed E-state index contributed by atoms with van der Waals surface area (Å²) in [5.41, 5.74) is 1.91. The predicted octanol–water partition coefficient (Wildman–Crippen LogP) is 3.49. The maximum Gasteiger partial charge on any atom is 0.161 e. The van der Waals surface area contributed by atoms with Gasteiger partial charge in [-0.1, -0.05) is 18.2 Å². The number of methoxy groups -OCH3 is 1. The third-order valence-corrected chi connectivity index (χ3v) is 4.94. The fourth-order valence-electron chi connectivity index (χ4n) is 3.36. The van der Waals surface area contributed by atoms with E-state index >= 15 is 0 Å². The Morgan fingerprint density at radius 2 is 1.74 bits per heavy atom. The van der Waals surface area contributed by atoms with E-state index in [-0.39, 0.29) is 0 Å². The number of hydrogen-bond donors (Lipinski definition) is 0. The molecule has 0 bridgehead atoms. The van der Waals surface area contributed by atoms with Crippen molar-refractivity contribution in [3.05, 3.63) is 54.1 Å². The monoisotopic (exact) mass is 368 g/mol. The van der Waals surface area contributed by atoms with E-state index in [0.717, 1.165) is 51.9 Å². The standard InChI is InChI=1S/C22H28N2O3/c1-26-22-17-19(18-25)9-10-21(22)27-16-6-5-11-23-12-14-24(15-13-23)20-7-3-2-4-8-20/h2-4,7-10,17-18H,5-6,11-16H2,1H3. The lowest BCUT2D eigenvalue weighted by molar-refractivity contribution is 0.112. The zero-order chi connectivity index (χ0) is 18.9. The lowest BCUT2D eigenvalue weighted by atomic mass is 10.2. The first-order chi connectivity index (χ1) is 13.3. The summed E-state index contributed by atoms with van der Waals surface area (Å²) in [6.07, 6.45) is 2.92. The highest BCUT2D eigenvalue weighted by molar-refractivity contribution is 5.76. The molecule has 0 spiro atoms. The second-order valence-corrected chi connectivity index (χ2v) is 6.75. The van der Waals surface area contributed by atoms with E-state index in [1.165, 1.54) is 5.69 Å². The molecule has 0 aliphatic carbocycles. The van der Waals surface area contributed by atoms with E-state index in [2.05, 4.69) is 40.1 Å². The lowest BCUT2D eigenvalue weighted by Crippen LogP contribution is -2.46. The van der Waals surface area contributed by atoms with E-state index in [9.17, 15) is 4.79 Å². The first-order valence-electron chi connectivity index (χ1n) is 9.58. The number of ether oxygens (including phenoxy) is 2. The van der Waals surface area contributed by atoms with Crippen molar-refractivity contribution < 1.29 is 14.3 Å². The molecule has 0 radical (unpaired) electrons. The molecule has 1 heterocycles. The molecule has 5 heteroatoms. The second kappa shape index (κ2) is 9.97. The molecular weight excluding hydrogens is 340 g/mol. The van der Waals surface area contributed by atoms with Gasteiger partial charge in [0.15, 0.2) is 11.5 Å². The van der Waals surface area contributed by atoms with Gasteiger partial charge < -0.3 is 14.4 Å². The van der Waals surface area contributed by atoms with Crippen molar-refractivity contribution in [3.8, 4) is 11.5 Å². The van der Waals surface area contributed by atoms with E-state index in [1.807, 2.05) is 0 Å². The Balaban J connectivity index is 1.34. The Labute approximate surface area is 161 Å². The van der Waals surface area contributed by atoms with Crippen LogP contribution in [0.1, 0.15) is 23.2 Å². The molecule has 144 valence electrons. The molecule has 0 atom stereocenters. The number of anilines is 1. The van der Waals surface area contributed by atoms with Crippen molar-refractivity contribution in [3.63, 3.8) is 0 Å². The van der Waals surface area contributed by atoms with Gasteiger partial charge in [-0.3, -0.25) is 9.69 Å². The van der Waals surface area contributed by atoms with Crippen LogP contribution in [0.4, 0.5) is 5.69 Å². The Morgan fingerprint density at radius 3 is 2.44 bits per heavy atom. The normalized spacial score (nSPS) is 14.8. The number of carbonyl (C=O) groups is 1. The third kappa shape index (κ3) is 5.47. The SMILES string of the molecule is COc1cc(C=O)ccc1OCCCCN1CCN(c2ccccc2)CC1. The van der Waals surface area contributed by atoms with Gasteiger partial charge in [0.2, 0.25) is 0 Å². The first kappa shape index (κ1) is 19.2. The van der Waals surface area contributed by atoms with Crippen LogP contribution in [-0.4, -0.2) is 57.6 Å². The summed E-state index contributed by atoms with van der Waals surface area (Å²) >= 11 is 0. The van der Waals surface area contributed by atoms with E-state index in [1.54, 1.807) is 25.3 Å². The molecule has 0 unspecified atom stereocenters. The molecule has 2 aromatic carbocycles. The van der Waals surface area contributed by atoms with Gasteiger partial charge in [0.1, 0.15) is 6.29 Å². The average molecular weight is 368 g/mol. The van der Waals surface area contributed by atoms with Gasteiger partial charge in [0.05, 0.1) is 13.7 Å². The quantitative estimate of drug-likeness (QED) is 0.501. The smallest absolute Gasteiger partial charge is 0.161 e. The largest absolute Gasteiger partial charge is 0.493 e. The molecule has 1 saturated heterocycles. The Hall–Kier alpha value is -2.53. The maximum absolute atomic E-state index is 10.8. The summed E-state index contributed by atoms with van der Waals surface area (Å²) in [7, 11) is 1.59. The molecule has 0 saturated carbocycles. The molecule has 3 rings (SSSR count). The highest BCUT2D eigenvalue weighted by atomic mass is 16.5. The zero-order valence-electron chi connectivity index (χ0n) is 16.0. The summed E-state index contributed by atoms with van der Waals surface area (Å²) in [6, 6.07) is 15.9. The zero-order valence-corrected chi connectivity index (χ0v) is 16.0. The van der Waals surface area contributed by atoms with Crippen molar-refractivity contribution in [2.75, 3.05) is 51.3 Å². The van der Waals surface area contributed by atoms with Crippen molar-refractivity contribution >= 4 is 12.0 Å². The number of nitrogens with zero attached hydrogens (tertiary/aromatic N) is 2. The first-order valence-corrected chi connectivity index (χ1v) is 9.58. The summed E-state index contributed by atoms with van der Waals surface area (Å²) in [6.45, 7) is 6.14. The topological polar surface area (TPSA) is 42.0 Å². The molecule has 0 amide bonds. The van der Waals surface area contributed by atoms with Crippen LogP contribution >= 0.6 is 0 Å². The third-order valence-electron chi connectivity index (χ3n) is 4.94. The average Bonchev–Trinajstić information content (AvgIpc) is 2.74. The van der Waals surface area contributed by atoms with Gasteiger partial charge in [-0.05, 0) is 49.7 Å². The fraction of sp³-hybridized carbons (Fsp3) is 0.409. The van der Waals surface area contributed by atoms with Gasteiger partial charge in [-0.2, -0.15) is 0 Å². The van der Waals surface area contributed by atoms with Crippen molar-refractivity contribution in [1.82, 2.24) is 4.90 Å². The molecule has 27 heavy (non-hydrogen) atoms. The summed E-state index contributed by atoms with van der Waals surface area (Å²) < 4.78 is 11.1. The molecule has 0 aromatic heterocycles. The Bertz CT molecular complexity index is 713. The number of piperazine rings is 1. The molecular formula is C22H28N2O3. The minimum Gasteiger partial charge on any atom is -0.493 e. The molecule has 1 aliphatic rings. The maximum atomic E-state index is 10.8. The van der Waals surface area contributed by atoms with Crippen LogP contribution in [0.2, 0.25) is 0 Å². The molecule has 5 nitrogen and oxygen atoms in total. The highest BCUT2D eigenvalue weighted by Gasteiger charge is 2.16. The second-order valence-electron chi connectivity index (χ2n) is 6.75. The van der Waals surface area contributed by atoms with E-state index in [4.69, 9.17) is 9.47 Å². The minimum absolute atomic E-state index is 0.592. The van der Waals surface area contributed by atoms with Gasteiger partial charge >= 0.3 is 0 Å². The number of aldehydes is 1. The van der Waals surface area contributed by atoms with Gasteiger partial charge in [-0.25, -0.2) is 0 Å². The number of para-hydroxylation sites is 1. The number of unbranched alkanes of at least 4 members (excludes halogenated alkanes) is 1. The molecule has 0 N–H and O–H groups in total. The van der Waals surface area contributed by atoms with Crippen molar-refractivity contribution in [2.24, 2.45) is 0 Å². The Kier molecular flexibility index (Phi) is 7.11. The number of benzene rings is 2. The number of rotatable bonds is 9. The molecule has 1 aliphatic heterocycles. The molecule has 2 aromatic rings. The Morgan fingerprint density at radius 1 is 0.963 bits per heavy atom. The van der Waals surface area contributed by atoms with Gasteiger partial charge in [0.25, 0.3) is 0 Å². The fourth-order valence-corrected chi connectivity index (χ4v) is 3.36. The van der Waals surface area contributed by atoms with Gasteiger partial charge in [0, 0.05) is 37.4 Å². The van der Waals surface area contributed by atoms with Crippen LogP contribution in [0.25, 0.3) is 0 Å². The number of carbonyl (C=O) groups excluding carboxylic acids is 1. The van der Waals surface area contributed by atoms with Crippen LogP contribution in [0.3, 0.4) is 0 Å². The summed E-state index contributed by atoms with van der Waals surface area (Å²) in [5, 5.41) is 0.